The minimum absolute atomic E-state index is 0.243. The fourth-order valence-electron chi connectivity index (χ4n) is 5.49. The predicted molar refractivity (Wildman–Crippen MR) is 143 cm³/mol. The first-order chi connectivity index (χ1) is 17.6. The molecule has 0 bridgehead atoms. The highest BCUT2D eigenvalue weighted by Gasteiger charge is 2.32. The van der Waals surface area contributed by atoms with Crippen LogP contribution in [0, 0.1) is 0 Å². The molecule has 2 aliphatic rings. The van der Waals surface area contributed by atoms with Crippen LogP contribution in [0.15, 0.2) is 55.0 Å². The van der Waals surface area contributed by atoms with Crippen molar-refractivity contribution in [1.29, 1.82) is 0 Å². The van der Waals surface area contributed by atoms with Gasteiger partial charge in [-0.05, 0) is 68.0 Å². The first kappa shape index (κ1) is 25.2. The normalized spacial score (nSPS) is 18.1. The van der Waals surface area contributed by atoms with Crippen molar-refractivity contribution >= 4 is 29.1 Å². The molecule has 3 heterocycles. The van der Waals surface area contributed by atoms with Crippen molar-refractivity contribution < 1.29 is 4.79 Å². The topological polar surface area (TPSA) is 70.2 Å². The molecule has 1 saturated heterocycles. The van der Waals surface area contributed by atoms with Crippen LogP contribution in [-0.4, -0.2) is 39.9 Å². The van der Waals surface area contributed by atoms with E-state index < -0.39 is 0 Å². The van der Waals surface area contributed by atoms with Gasteiger partial charge in [0, 0.05) is 37.7 Å². The molecule has 2 aromatic heterocycles. The molecule has 2 N–H and O–H groups in total. The molecular weight excluding hydrogens is 493 g/mol. The molecule has 1 aliphatic carbocycles. The van der Waals surface area contributed by atoms with Crippen molar-refractivity contribution in [2.24, 2.45) is 0 Å². The zero-order chi connectivity index (χ0) is 24.9. The van der Waals surface area contributed by atoms with Crippen molar-refractivity contribution in [2.45, 2.75) is 57.3 Å². The largest absolute Gasteiger partial charge is 0.348 e. The van der Waals surface area contributed by atoms with Crippen molar-refractivity contribution in [3.05, 3.63) is 93.0 Å². The molecule has 1 atom stereocenters. The van der Waals surface area contributed by atoms with Gasteiger partial charge in [0.05, 0.1) is 27.3 Å². The quantitative estimate of drug-likeness (QED) is 0.437. The number of aromatic nitrogens is 2. The second-order valence-electron chi connectivity index (χ2n) is 9.59. The van der Waals surface area contributed by atoms with Gasteiger partial charge in [-0.15, -0.1) is 0 Å². The predicted octanol–water partition coefficient (Wildman–Crippen LogP) is 5.35. The molecule has 1 aliphatic heterocycles. The van der Waals surface area contributed by atoms with Gasteiger partial charge in [0.15, 0.2) is 0 Å². The summed E-state index contributed by atoms with van der Waals surface area (Å²) in [7, 11) is 0. The van der Waals surface area contributed by atoms with Crippen LogP contribution < -0.4 is 10.6 Å². The van der Waals surface area contributed by atoms with E-state index in [1.54, 1.807) is 0 Å². The number of fused-ring (bicyclic) bond motifs is 1. The van der Waals surface area contributed by atoms with Gasteiger partial charge in [0.25, 0.3) is 5.91 Å². The summed E-state index contributed by atoms with van der Waals surface area (Å²) >= 11 is 12.3. The summed E-state index contributed by atoms with van der Waals surface area (Å²) in [5.41, 5.74) is 5.16. The number of benzene rings is 1. The summed E-state index contributed by atoms with van der Waals surface area (Å²) in [5.74, 6) is -0.306. The van der Waals surface area contributed by atoms with Gasteiger partial charge in [-0.25, -0.2) is 0 Å². The molecular formula is C28H31Cl2N5O. The average Bonchev–Trinajstić information content (AvgIpc) is 2.91. The zero-order valence-corrected chi connectivity index (χ0v) is 21.7. The molecule has 1 fully saturated rings. The number of piperidine rings is 1. The van der Waals surface area contributed by atoms with Crippen LogP contribution in [0.5, 0.6) is 0 Å². The first-order valence-corrected chi connectivity index (χ1v) is 13.4. The summed E-state index contributed by atoms with van der Waals surface area (Å²) in [6, 6.07) is 13.6. The molecule has 0 radical (unpaired) electrons. The number of carbonyl (C=O) groups excluding carboxylic acids is 1. The fraction of sp³-hybridized carbons (Fsp3) is 0.393. The van der Waals surface area contributed by atoms with Gasteiger partial charge in [0.2, 0.25) is 0 Å². The Morgan fingerprint density at radius 1 is 1.06 bits per heavy atom. The van der Waals surface area contributed by atoms with Crippen LogP contribution in [0.2, 0.25) is 10.0 Å². The Bertz CT molecular complexity index is 1190. The Kier molecular flexibility index (Phi) is 8.17. The number of nitrogens with one attached hydrogen (secondary N) is 2. The van der Waals surface area contributed by atoms with Crippen molar-refractivity contribution in [1.82, 2.24) is 25.5 Å². The number of halogens is 2. The number of carbonyl (C=O) groups is 1. The van der Waals surface area contributed by atoms with E-state index in [2.05, 4.69) is 50.8 Å². The molecule has 1 unspecified atom stereocenters. The van der Waals surface area contributed by atoms with Gasteiger partial charge in [-0.1, -0.05) is 53.5 Å². The Hall–Kier alpha value is -2.51. The lowest BCUT2D eigenvalue weighted by Gasteiger charge is -2.42. The van der Waals surface area contributed by atoms with Crippen LogP contribution in [0.25, 0.3) is 0 Å². The number of amides is 1. The highest BCUT2D eigenvalue weighted by molar-refractivity contribution is 6.39. The van der Waals surface area contributed by atoms with E-state index >= 15 is 0 Å². The highest BCUT2D eigenvalue weighted by Crippen LogP contribution is 2.36. The second kappa shape index (κ2) is 11.7. The summed E-state index contributed by atoms with van der Waals surface area (Å²) in [4.78, 5) is 24.2. The number of rotatable bonds is 7. The van der Waals surface area contributed by atoms with Crippen molar-refractivity contribution in [3.63, 3.8) is 0 Å². The Morgan fingerprint density at radius 3 is 2.64 bits per heavy atom. The maximum Gasteiger partial charge on any atom is 0.254 e. The SMILES string of the molecule is O=C(NCc1cccc(CN(C2CCNCC2)C2CCCc3cccnc32)c1)c1c(Cl)cncc1Cl. The monoisotopic (exact) mass is 523 g/mol. The van der Waals surface area contributed by atoms with Crippen LogP contribution in [0.3, 0.4) is 0 Å². The van der Waals surface area contributed by atoms with Gasteiger partial charge in [-0.2, -0.15) is 0 Å². The third kappa shape index (κ3) is 5.73. The van der Waals surface area contributed by atoms with Crippen molar-refractivity contribution in [3.8, 4) is 0 Å². The van der Waals surface area contributed by atoms with Gasteiger partial charge in [0.1, 0.15) is 0 Å². The van der Waals surface area contributed by atoms with Crippen LogP contribution >= 0.6 is 23.2 Å². The van der Waals surface area contributed by atoms with E-state index in [1.165, 1.54) is 35.6 Å². The van der Waals surface area contributed by atoms with E-state index in [-0.39, 0.29) is 21.5 Å². The summed E-state index contributed by atoms with van der Waals surface area (Å²) in [5, 5.41) is 6.94. The summed E-state index contributed by atoms with van der Waals surface area (Å²) < 4.78 is 0. The first-order valence-electron chi connectivity index (χ1n) is 12.7. The lowest BCUT2D eigenvalue weighted by Crippen LogP contribution is -2.45. The Labute approximate surface area is 222 Å². The van der Waals surface area contributed by atoms with Gasteiger partial charge in [-0.3, -0.25) is 19.7 Å². The average molecular weight is 524 g/mol. The van der Waals surface area contributed by atoms with Crippen LogP contribution in [-0.2, 0) is 19.5 Å². The molecule has 188 valence electrons. The number of hydrogen-bond donors (Lipinski definition) is 2. The van der Waals surface area contributed by atoms with Gasteiger partial charge >= 0.3 is 0 Å². The maximum absolute atomic E-state index is 12.7. The van der Waals surface area contributed by atoms with Crippen LogP contribution in [0.1, 0.15) is 64.5 Å². The van der Waals surface area contributed by atoms with E-state index in [9.17, 15) is 4.79 Å². The summed E-state index contributed by atoms with van der Waals surface area (Å²) in [6.07, 6.45) is 10.5. The molecule has 1 amide bonds. The molecule has 0 saturated carbocycles. The van der Waals surface area contributed by atoms with Crippen molar-refractivity contribution in [2.75, 3.05) is 13.1 Å². The fourth-order valence-corrected chi connectivity index (χ4v) is 6.02. The third-order valence-electron chi connectivity index (χ3n) is 7.23. The second-order valence-corrected chi connectivity index (χ2v) is 10.4. The highest BCUT2D eigenvalue weighted by atomic mass is 35.5. The standard InChI is InChI=1S/C28H31Cl2N5O/c29-23-16-32-17-24(30)26(23)28(36)34-15-19-4-1-5-20(14-19)18-35(22-9-12-31-13-10-22)25-8-2-6-21-7-3-11-33-27(21)25/h1,3-5,7,11,14,16-17,22,25,31H,2,6,8-10,12-13,15,18H2,(H,34,36). The lowest BCUT2D eigenvalue weighted by molar-refractivity contribution is 0.0861. The van der Waals surface area contributed by atoms with E-state index in [1.807, 2.05) is 12.3 Å². The Balaban J connectivity index is 1.34. The molecule has 0 spiro atoms. The third-order valence-corrected chi connectivity index (χ3v) is 7.81. The molecule has 6 nitrogen and oxygen atoms in total. The number of aryl methyl sites for hydroxylation is 1. The molecule has 8 heteroatoms. The van der Waals surface area contributed by atoms with E-state index in [4.69, 9.17) is 28.2 Å². The maximum atomic E-state index is 12.7. The molecule has 1 aromatic carbocycles. The minimum atomic E-state index is -0.306. The molecule has 5 rings (SSSR count). The van der Waals surface area contributed by atoms with E-state index in [0.717, 1.165) is 50.9 Å². The van der Waals surface area contributed by atoms with Crippen LogP contribution in [0.4, 0.5) is 0 Å². The summed E-state index contributed by atoms with van der Waals surface area (Å²) in [6.45, 7) is 3.35. The minimum Gasteiger partial charge on any atom is -0.348 e. The lowest BCUT2D eigenvalue weighted by atomic mass is 9.88. The van der Waals surface area contributed by atoms with E-state index in [0.29, 0.717) is 18.6 Å². The molecule has 3 aromatic rings. The Morgan fingerprint density at radius 2 is 1.83 bits per heavy atom. The van der Waals surface area contributed by atoms with Gasteiger partial charge < -0.3 is 10.6 Å². The number of nitrogens with zero attached hydrogens (tertiary/aromatic N) is 3. The molecule has 36 heavy (non-hydrogen) atoms. The zero-order valence-electron chi connectivity index (χ0n) is 20.2. The smallest absolute Gasteiger partial charge is 0.254 e. The number of hydrogen-bond acceptors (Lipinski definition) is 5. The number of pyridine rings is 2.